The number of piperidine rings is 1. The number of amides is 1. The summed E-state index contributed by atoms with van der Waals surface area (Å²) in [7, 11) is 0. The van der Waals surface area contributed by atoms with Crippen molar-refractivity contribution in [2.24, 2.45) is 0 Å². The molecule has 0 spiro atoms. The highest BCUT2D eigenvalue weighted by molar-refractivity contribution is 7.98. The minimum atomic E-state index is -0.00608. The maximum atomic E-state index is 12.4. The molecule has 1 saturated heterocycles. The SMILES string of the molecule is Cc1cccc2oc(SCc3ccc(C(=O)N4CCCCC4)o3)nc12. The van der Waals surface area contributed by atoms with Gasteiger partial charge in [-0.25, -0.2) is 4.98 Å². The normalized spacial score (nSPS) is 15.0. The molecule has 1 aromatic carbocycles. The van der Waals surface area contributed by atoms with Crippen molar-refractivity contribution in [3.63, 3.8) is 0 Å². The molecule has 0 aliphatic carbocycles. The number of furan rings is 1. The number of carbonyl (C=O) groups excluding carboxylic acids is 1. The van der Waals surface area contributed by atoms with Crippen LogP contribution in [0.1, 0.15) is 41.1 Å². The Labute approximate surface area is 150 Å². The Bertz CT molecular complexity index is 893. The van der Waals surface area contributed by atoms with Crippen LogP contribution in [0.15, 0.2) is 44.4 Å². The van der Waals surface area contributed by atoms with E-state index in [0.717, 1.165) is 48.4 Å². The molecule has 0 bridgehead atoms. The summed E-state index contributed by atoms with van der Waals surface area (Å²) in [6.07, 6.45) is 3.35. The van der Waals surface area contributed by atoms with E-state index in [1.165, 1.54) is 18.2 Å². The molecule has 0 atom stereocenters. The minimum Gasteiger partial charge on any atom is -0.455 e. The van der Waals surface area contributed by atoms with E-state index in [0.29, 0.717) is 16.7 Å². The van der Waals surface area contributed by atoms with Gasteiger partial charge in [-0.2, -0.15) is 0 Å². The van der Waals surface area contributed by atoms with Gasteiger partial charge in [-0.15, -0.1) is 0 Å². The number of carbonyl (C=O) groups is 1. The third kappa shape index (κ3) is 3.44. The highest BCUT2D eigenvalue weighted by atomic mass is 32.2. The Balaban J connectivity index is 1.42. The molecule has 2 aromatic heterocycles. The lowest BCUT2D eigenvalue weighted by atomic mass is 10.1. The van der Waals surface area contributed by atoms with Crippen LogP contribution in [-0.4, -0.2) is 28.9 Å². The van der Waals surface area contributed by atoms with Crippen LogP contribution in [0.5, 0.6) is 0 Å². The number of aryl methyl sites for hydroxylation is 1. The third-order valence-corrected chi connectivity index (χ3v) is 5.31. The molecule has 0 saturated carbocycles. The van der Waals surface area contributed by atoms with Crippen molar-refractivity contribution >= 4 is 28.8 Å². The number of rotatable bonds is 4. The van der Waals surface area contributed by atoms with E-state index in [1.54, 1.807) is 6.07 Å². The Kier molecular flexibility index (Phi) is 4.53. The van der Waals surface area contributed by atoms with Gasteiger partial charge in [0.2, 0.25) is 0 Å². The number of aromatic nitrogens is 1. The lowest BCUT2D eigenvalue weighted by Crippen LogP contribution is -2.35. The zero-order valence-electron chi connectivity index (χ0n) is 14.2. The summed E-state index contributed by atoms with van der Waals surface area (Å²) in [6, 6.07) is 9.52. The van der Waals surface area contributed by atoms with Crippen LogP contribution in [0.2, 0.25) is 0 Å². The number of likely N-dealkylation sites (tertiary alicyclic amines) is 1. The Morgan fingerprint density at radius 2 is 2.00 bits per heavy atom. The van der Waals surface area contributed by atoms with Gasteiger partial charge < -0.3 is 13.7 Å². The van der Waals surface area contributed by atoms with Crippen molar-refractivity contribution in [1.29, 1.82) is 0 Å². The van der Waals surface area contributed by atoms with Crippen LogP contribution < -0.4 is 0 Å². The number of nitrogens with zero attached hydrogens (tertiary/aromatic N) is 2. The molecular formula is C19H20N2O3S. The molecule has 25 heavy (non-hydrogen) atoms. The van der Waals surface area contributed by atoms with Crippen LogP contribution in [0.3, 0.4) is 0 Å². The average Bonchev–Trinajstić information content (AvgIpc) is 3.27. The topological polar surface area (TPSA) is 59.5 Å². The summed E-state index contributed by atoms with van der Waals surface area (Å²) < 4.78 is 11.5. The minimum absolute atomic E-state index is 0.00608. The molecule has 1 aliphatic heterocycles. The van der Waals surface area contributed by atoms with Crippen molar-refractivity contribution in [3.8, 4) is 0 Å². The summed E-state index contributed by atoms with van der Waals surface area (Å²) in [5.74, 6) is 1.75. The fraction of sp³-hybridized carbons (Fsp3) is 0.368. The molecular weight excluding hydrogens is 336 g/mol. The highest BCUT2D eigenvalue weighted by Crippen LogP contribution is 2.28. The fourth-order valence-electron chi connectivity index (χ4n) is 3.08. The van der Waals surface area contributed by atoms with E-state index < -0.39 is 0 Å². The van der Waals surface area contributed by atoms with E-state index in [4.69, 9.17) is 8.83 Å². The van der Waals surface area contributed by atoms with Crippen molar-refractivity contribution in [2.75, 3.05) is 13.1 Å². The fourth-order valence-corrected chi connectivity index (χ4v) is 3.81. The molecule has 3 heterocycles. The second-order valence-corrected chi connectivity index (χ2v) is 7.24. The van der Waals surface area contributed by atoms with Gasteiger partial charge in [0.05, 0.1) is 5.75 Å². The molecule has 6 heteroatoms. The number of hydrogen-bond acceptors (Lipinski definition) is 5. The number of para-hydroxylation sites is 1. The monoisotopic (exact) mass is 356 g/mol. The molecule has 1 amide bonds. The van der Waals surface area contributed by atoms with Crippen LogP contribution >= 0.6 is 11.8 Å². The molecule has 0 radical (unpaired) electrons. The Morgan fingerprint density at radius 3 is 2.80 bits per heavy atom. The molecule has 130 valence electrons. The molecule has 0 N–H and O–H groups in total. The van der Waals surface area contributed by atoms with Gasteiger partial charge in [0, 0.05) is 13.1 Å². The first-order chi connectivity index (χ1) is 12.2. The van der Waals surface area contributed by atoms with E-state index in [2.05, 4.69) is 4.98 Å². The standard InChI is InChI=1S/C19H20N2O3S/c1-13-6-5-7-15-17(13)20-19(24-15)25-12-14-8-9-16(23-14)18(22)21-10-3-2-4-11-21/h5-9H,2-4,10-12H2,1H3. The largest absolute Gasteiger partial charge is 0.455 e. The molecule has 3 aromatic rings. The van der Waals surface area contributed by atoms with Gasteiger partial charge in [-0.3, -0.25) is 4.79 Å². The first kappa shape index (κ1) is 16.3. The molecule has 0 unspecified atom stereocenters. The predicted octanol–water partition coefficient (Wildman–Crippen LogP) is 4.65. The van der Waals surface area contributed by atoms with Gasteiger partial charge in [0.15, 0.2) is 11.3 Å². The lowest BCUT2D eigenvalue weighted by molar-refractivity contribution is 0.0690. The number of fused-ring (bicyclic) bond motifs is 1. The average molecular weight is 356 g/mol. The van der Waals surface area contributed by atoms with Crippen molar-refractivity contribution < 1.29 is 13.6 Å². The first-order valence-electron chi connectivity index (χ1n) is 8.57. The molecule has 5 nitrogen and oxygen atoms in total. The second kappa shape index (κ2) is 6.96. The zero-order valence-corrected chi connectivity index (χ0v) is 15.0. The van der Waals surface area contributed by atoms with Gasteiger partial charge in [0.1, 0.15) is 11.3 Å². The zero-order chi connectivity index (χ0) is 17.2. The van der Waals surface area contributed by atoms with E-state index in [1.807, 2.05) is 36.1 Å². The summed E-state index contributed by atoms with van der Waals surface area (Å²) in [6.45, 7) is 3.67. The summed E-state index contributed by atoms with van der Waals surface area (Å²) in [5.41, 5.74) is 2.79. The lowest BCUT2D eigenvalue weighted by Gasteiger charge is -2.25. The van der Waals surface area contributed by atoms with Crippen molar-refractivity contribution in [3.05, 3.63) is 47.4 Å². The summed E-state index contributed by atoms with van der Waals surface area (Å²) in [4.78, 5) is 18.8. The maximum Gasteiger partial charge on any atom is 0.289 e. The second-order valence-electron chi connectivity index (χ2n) is 6.31. The van der Waals surface area contributed by atoms with Gasteiger partial charge in [-0.05, 0) is 49.9 Å². The van der Waals surface area contributed by atoms with Crippen LogP contribution in [-0.2, 0) is 5.75 Å². The number of benzene rings is 1. The molecule has 1 fully saturated rings. The Morgan fingerprint density at radius 1 is 1.16 bits per heavy atom. The number of thioether (sulfide) groups is 1. The Hall–Kier alpha value is -2.21. The number of oxazole rings is 1. The molecule has 1 aliphatic rings. The predicted molar refractivity (Wildman–Crippen MR) is 96.8 cm³/mol. The molecule has 4 rings (SSSR count). The van der Waals surface area contributed by atoms with Gasteiger partial charge in [0.25, 0.3) is 11.1 Å². The van der Waals surface area contributed by atoms with Crippen molar-refractivity contribution in [2.45, 2.75) is 37.2 Å². The van der Waals surface area contributed by atoms with Crippen LogP contribution in [0.4, 0.5) is 0 Å². The maximum absolute atomic E-state index is 12.4. The van der Waals surface area contributed by atoms with Gasteiger partial charge in [-0.1, -0.05) is 23.9 Å². The van der Waals surface area contributed by atoms with E-state index in [9.17, 15) is 4.79 Å². The number of hydrogen-bond donors (Lipinski definition) is 0. The van der Waals surface area contributed by atoms with E-state index >= 15 is 0 Å². The van der Waals surface area contributed by atoms with E-state index in [-0.39, 0.29) is 5.91 Å². The quantitative estimate of drug-likeness (QED) is 0.637. The third-order valence-electron chi connectivity index (χ3n) is 4.45. The smallest absolute Gasteiger partial charge is 0.289 e. The first-order valence-corrected chi connectivity index (χ1v) is 9.56. The highest BCUT2D eigenvalue weighted by Gasteiger charge is 2.21. The van der Waals surface area contributed by atoms with Crippen molar-refractivity contribution in [1.82, 2.24) is 9.88 Å². The summed E-state index contributed by atoms with van der Waals surface area (Å²) in [5, 5.41) is 0.615. The van der Waals surface area contributed by atoms with Crippen LogP contribution in [0.25, 0.3) is 11.1 Å². The van der Waals surface area contributed by atoms with Gasteiger partial charge >= 0.3 is 0 Å². The van der Waals surface area contributed by atoms with Crippen LogP contribution in [0, 0.1) is 6.92 Å². The summed E-state index contributed by atoms with van der Waals surface area (Å²) >= 11 is 1.47.